The van der Waals surface area contributed by atoms with Crippen molar-refractivity contribution in [3.05, 3.63) is 46.5 Å². The van der Waals surface area contributed by atoms with Gasteiger partial charge in [-0.1, -0.05) is 6.07 Å². The van der Waals surface area contributed by atoms with Crippen LogP contribution in [0.15, 0.2) is 35.4 Å². The number of halogens is 1. The van der Waals surface area contributed by atoms with Gasteiger partial charge in [-0.15, -0.1) is 0 Å². The van der Waals surface area contributed by atoms with E-state index in [4.69, 9.17) is 0 Å². The van der Waals surface area contributed by atoms with Crippen molar-refractivity contribution in [1.82, 2.24) is 15.0 Å². The van der Waals surface area contributed by atoms with Gasteiger partial charge in [-0.05, 0) is 32.2 Å². The average molecular weight is 355 g/mol. The maximum absolute atomic E-state index is 11.7. The predicted molar refractivity (Wildman–Crippen MR) is 76.6 cm³/mol. The highest BCUT2D eigenvalue weighted by molar-refractivity contribution is 14.2. The fourth-order valence-electron chi connectivity index (χ4n) is 1.19. The summed E-state index contributed by atoms with van der Waals surface area (Å²) >= 11 is 2.04. The van der Waals surface area contributed by atoms with Crippen molar-refractivity contribution < 1.29 is 0 Å². The molecule has 0 unspecified atom stereocenters. The van der Waals surface area contributed by atoms with E-state index in [9.17, 15) is 4.79 Å². The summed E-state index contributed by atoms with van der Waals surface area (Å²) < 4.78 is 0. The number of H-pyrrole nitrogens is 1. The van der Waals surface area contributed by atoms with E-state index in [0.29, 0.717) is 17.1 Å². The van der Waals surface area contributed by atoms with Gasteiger partial charge in [0, 0.05) is 27.4 Å². The van der Waals surface area contributed by atoms with Crippen molar-refractivity contribution in [2.75, 3.05) is 0 Å². The summed E-state index contributed by atoms with van der Waals surface area (Å²) in [6, 6.07) is 5.42. The second-order valence-corrected chi connectivity index (χ2v) is 4.67. The Morgan fingerprint density at radius 1 is 1.35 bits per heavy atom. The van der Waals surface area contributed by atoms with Crippen LogP contribution in [0.5, 0.6) is 0 Å². The summed E-state index contributed by atoms with van der Waals surface area (Å²) in [7, 11) is 1.32. The van der Waals surface area contributed by atoms with Gasteiger partial charge in [0.25, 0.3) is 5.56 Å². The van der Waals surface area contributed by atoms with Crippen molar-refractivity contribution in [3.8, 4) is 22.7 Å². The van der Waals surface area contributed by atoms with E-state index in [2.05, 4.69) is 26.1 Å². The van der Waals surface area contributed by atoms with Crippen LogP contribution in [0.4, 0.5) is 0 Å². The van der Waals surface area contributed by atoms with Crippen LogP contribution in [0.1, 0.15) is 5.56 Å². The molecular formula is C11H6IN3OS. The third-order valence-electron chi connectivity index (χ3n) is 1.93. The third-order valence-corrected chi connectivity index (χ3v) is 2.77. The quantitative estimate of drug-likeness (QED) is 0.630. The Morgan fingerprint density at radius 3 is 2.88 bits per heavy atom. The largest absolute Gasteiger partial charge is 0.304 e. The molecule has 2 rings (SSSR count). The second-order valence-electron chi connectivity index (χ2n) is 2.99. The molecule has 2 aromatic rings. The zero-order valence-corrected chi connectivity index (χ0v) is 11.4. The Kier molecular flexibility index (Phi) is 4.17. The fourth-order valence-corrected chi connectivity index (χ4v) is 1.67. The topological polar surface area (TPSA) is 58.6 Å². The lowest BCUT2D eigenvalue weighted by Gasteiger charge is -1.98. The first kappa shape index (κ1) is 12.1. The number of pyridine rings is 1. The molecule has 6 heteroatoms. The number of aromatic amines is 1. The van der Waals surface area contributed by atoms with Gasteiger partial charge in [0.1, 0.15) is 11.3 Å². The highest BCUT2D eigenvalue weighted by Gasteiger charge is 2.03. The Morgan fingerprint density at radius 2 is 2.24 bits per heavy atom. The lowest BCUT2D eigenvalue weighted by atomic mass is 10.3. The molecule has 0 spiro atoms. The number of hydrogen-bond donors (Lipinski definition) is 1. The van der Waals surface area contributed by atoms with Gasteiger partial charge in [0.05, 0.1) is 6.20 Å². The van der Waals surface area contributed by atoms with E-state index >= 15 is 0 Å². The van der Waals surface area contributed by atoms with Gasteiger partial charge in [-0.3, -0.25) is 9.78 Å². The number of hydrogen-bond acceptors (Lipinski definition) is 4. The molecule has 17 heavy (non-hydrogen) atoms. The molecule has 0 saturated heterocycles. The number of nitrogens with zero attached hydrogens (tertiary/aromatic N) is 2. The molecule has 0 aliphatic carbocycles. The normalized spacial score (nSPS) is 9.47. The maximum Gasteiger partial charge on any atom is 0.266 e. The summed E-state index contributed by atoms with van der Waals surface area (Å²) in [4.78, 5) is 22.6. The zero-order chi connectivity index (χ0) is 12.1. The van der Waals surface area contributed by atoms with Crippen LogP contribution in [0.25, 0.3) is 11.5 Å². The van der Waals surface area contributed by atoms with Gasteiger partial charge in [0.2, 0.25) is 0 Å². The molecule has 0 amide bonds. The molecule has 0 fully saturated rings. The van der Waals surface area contributed by atoms with Crippen molar-refractivity contribution in [2.24, 2.45) is 0 Å². The van der Waals surface area contributed by atoms with E-state index in [-0.39, 0.29) is 5.56 Å². The lowest BCUT2D eigenvalue weighted by Crippen LogP contribution is -2.12. The zero-order valence-electron chi connectivity index (χ0n) is 8.48. The number of rotatable bonds is 1. The molecule has 0 aromatic carbocycles. The van der Waals surface area contributed by atoms with Crippen LogP contribution in [0.2, 0.25) is 0 Å². The Bertz CT molecular complexity index is 630. The van der Waals surface area contributed by atoms with Gasteiger partial charge in [0.15, 0.2) is 5.82 Å². The molecule has 4 nitrogen and oxygen atoms in total. The Labute approximate surface area is 114 Å². The molecule has 0 saturated carbocycles. The summed E-state index contributed by atoms with van der Waals surface area (Å²) in [6.45, 7) is 0. The molecule has 0 atom stereocenters. The first-order chi connectivity index (χ1) is 8.31. The first-order valence-electron chi connectivity index (χ1n) is 4.60. The number of aromatic nitrogens is 3. The van der Waals surface area contributed by atoms with Crippen LogP contribution in [-0.2, 0) is 0 Å². The summed E-state index contributed by atoms with van der Waals surface area (Å²) in [5, 5.41) is 2.74. The standard InChI is InChI=1S/C11H6IN3OS/c12-17-6-4-8-7-14-10(15-11(8)16)9-3-1-2-5-13-9/h1-3,5,7H,(H,14,15,16). The Hall–Kier alpha value is -1.33. The van der Waals surface area contributed by atoms with E-state index in [1.54, 1.807) is 18.3 Å². The molecule has 0 aliphatic heterocycles. The summed E-state index contributed by atoms with van der Waals surface area (Å²) in [6.07, 6.45) is 3.11. The van der Waals surface area contributed by atoms with Crippen LogP contribution in [-0.4, -0.2) is 15.0 Å². The SMILES string of the molecule is O=c1[nH]c(-c2ccccn2)ncc1C#CSI. The van der Waals surface area contributed by atoms with Crippen molar-refractivity contribution >= 4 is 30.1 Å². The van der Waals surface area contributed by atoms with Crippen molar-refractivity contribution in [2.45, 2.75) is 0 Å². The highest BCUT2D eigenvalue weighted by Crippen LogP contribution is 2.09. The number of nitrogens with one attached hydrogen (secondary N) is 1. The molecule has 0 radical (unpaired) electrons. The summed E-state index contributed by atoms with van der Waals surface area (Å²) in [5.74, 6) is 3.17. The van der Waals surface area contributed by atoms with Gasteiger partial charge < -0.3 is 4.98 Å². The average Bonchev–Trinajstić information content (AvgIpc) is 2.38. The van der Waals surface area contributed by atoms with E-state index in [1.807, 2.05) is 27.3 Å². The van der Waals surface area contributed by atoms with E-state index in [0.717, 1.165) is 0 Å². The van der Waals surface area contributed by atoms with Crippen LogP contribution in [0, 0.1) is 11.2 Å². The third kappa shape index (κ3) is 3.08. The van der Waals surface area contributed by atoms with Crippen LogP contribution in [0.3, 0.4) is 0 Å². The smallest absolute Gasteiger partial charge is 0.266 e. The van der Waals surface area contributed by atoms with E-state index in [1.165, 1.54) is 15.1 Å². The van der Waals surface area contributed by atoms with Gasteiger partial charge >= 0.3 is 0 Å². The predicted octanol–water partition coefficient (Wildman–Crippen LogP) is 2.22. The molecular weight excluding hydrogens is 349 g/mol. The monoisotopic (exact) mass is 355 g/mol. The van der Waals surface area contributed by atoms with Gasteiger partial charge in [-0.2, -0.15) is 0 Å². The molecule has 1 N–H and O–H groups in total. The second kappa shape index (κ2) is 5.84. The minimum Gasteiger partial charge on any atom is -0.304 e. The lowest BCUT2D eigenvalue weighted by molar-refractivity contribution is 1.09. The molecule has 2 aromatic heterocycles. The minimum atomic E-state index is -0.251. The molecule has 0 bridgehead atoms. The van der Waals surface area contributed by atoms with Crippen LogP contribution >= 0.6 is 30.1 Å². The maximum atomic E-state index is 11.7. The minimum absolute atomic E-state index is 0.251. The Balaban J connectivity index is 2.42. The van der Waals surface area contributed by atoms with E-state index < -0.39 is 0 Å². The first-order valence-corrected chi connectivity index (χ1v) is 7.96. The van der Waals surface area contributed by atoms with Crippen LogP contribution < -0.4 is 5.56 Å². The molecule has 0 aliphatic rings. The molecule has 84 valence electrons. The fraction of sp³-hybridized carbons (Fsp3) is 0. The van der Waals surface area contributed by atoms with Crippen molar-refractivity contribution in [3.63, 3.8) is 0 Å². The summed E-state index contributed by atoms with van der Waals surface area (Å²) in [5.41, 5.74) is 0.736. The molecule has 2 heterocycles. The van der Waals surface area contributed by atoms with Gasteiger partial charge in [-0.25, -0.2) is 4.98 Å². The van der Waals surface area contributed by atoms with Crippen molar-refractivity contribution in [1.29, 1.82) is 0 Å². The highest BCUT2D eigenvalue weighted by atomic mass is 127.